The lowest BCUT2D eigenvalue weighted by molar-refractivity contribution is 0.512. The zero-order valence-electron chi connectivity index (χ0n) is 10.4. The molecule has 0 radical (unpaired) electrons. The number of rotatable bonds is 3. The fraction of sp³-hybridized carbons (Fsp3) is 0.357. The maximum atomic E-state index is 13.6. The first-order valence-electron chi connectivity index (χ1n) is 6.23. The van der Waals surface area contributed by atoms with Crippen LogP contribution in [0.1, 0.15) is 29.3 Å². The Morgan fingerprint density at radius 1 is 1.44 bits per heavy atom. The predicted octanol–water partition coefficient (Wildman–Crippen LogP) is 2.34. The summed E-state index contributed by atoms with van der Waals surface area (Å²) in [4.78, 5) is 0. The molecule has 1 aromatic carbocycles. The second kappa shape index (κ2) is 4.53. The van der Waals surface area contributed by atoms with Crippen molar-refractivity contribution in [1.29, 1.82) is 0 Å². The van der Waals surface area contributed by atoms with Crippen molar-refractivity contribution in [1.82, 2.24) is 15.1 Å². The van der Waals surface area contributed by atoms with Crippen LogP contribution in [0.3, 0.4) is 0 Å². The average molecular weight is 245 g/mol. The molecule has 0 bridgehead atoms. The monoisotopic (exact) mass is 245 g/mol. The molecule has 1 unspecified atom stereocenters. The summed E-state index contributed by atoms with van der Waals surface area (Å²) in [5.41, 5.74) is 3.12. The first-order valence-corrected chi connectivity index (χ1v) is 6.23. The van der Waals surface area contributed by atoms with Gasteiger partial charge in [-0.15, -0.1) is 0 Å². The van der Waals surface area contributed by atoms with E-state index in [-0.39, 0.29) is 11.9 Å². The van der Waals surface area contributed by atoms with Crippen LogP contribution in [-0.4, -0.2) is 9.78 Å². The smallest absolute Gasteiger partial charge is 0.126 e. The molecule has 3 nitrogen and oxygen atoms in total. The first-order chi connectivity index (χ1) is 8.75. The third-order valence-corrected chi connectivity index (χ3v) is 3.67. The lowest BCUT2D eigenvalue weighted by Crippen LogP contribution is -2.20. The minimum atomic E-state index is -0.0719. The van der Waals surface area contributed by atoms with Crippen LogP contribution in [0.5, 0.6) is 0 Å². The van der Waals surface area contributed by atoms with Gasteiger partial charge in [-0.2, -0.15) is 5.10 Å². The van der Waals surface area contributed by atoms with E-state index in [2.05, 4.69) is 10.4 Å². The Morgan fingerprint density at radius 2 is 2.33 bits per heavy atom. The Kier molecular flexibility index (Phi) is 2.88. The van der Waals surface area contributed by atoms with E-state index in [1.54, 1.807) is 18.3 Å². The molecule has 1 heterocycles. The molecule has 0 amide bonds. The molecule has 1 aromatic heterocycles. The summed E-state index contributed by atoms with van der Waals surface area (Å²) in [6, 6.07) is 7.60. The minimum Gasteiger partial charge on any atom is -0.304 e. The van der Waals surface area contributed by atoms with Crippen molar-refractivity contribution >= 4 is 0 Å². The van der Waals surface area contributed by atoms with Crippen molar-refractivity contribution in [2.45, 2.75) is 25.4 Å². The highest BCUT2D eigenvalue weighted by Gasteiger charge is 2.24. The van der Waals surface area contributed by atoms with Gasteiger partial charge in [0.25, 0.3) is 0 Å². The van der Waals surface area contributed by atoms with Crippen LogP contribution in [0.2, 0.25) is 0 Å². The predicted molar refractivity (Wildman–Crippen MR) is 67.5 cm³/mol. The SMILES string of the molecule is Cn1nccc1CNC1CCc2c(F)cccc21. The Hall–Kier alpha value is -1.68. The molecule has 0 fully saturated rings. The normalized spacial score (nSPS) is 18.0. The number of nitrogens with one attached hydrogen (secondary N) is 1. The van der Waals surface area contributed by atoms with Gasteiger partial charge >= 0.3 is 0 Å². The van der Waals surface area contributed by atoms with Gasteiger partial charge in [-0.1, -0.05) is 12.1 Å². The van der Waals surface area contributed by atoms with Crippen LogP contribution in [0.25, 0.3) is 0 Å². The molecule has 94 valence electrons. The lowest BCUT2D eigenvalue weighted by Gasteiger charge is -2.14. The van der Waals surface area contributed by atoms with Gasteiger partial charge in [-0.05, 0) is 36.1 Å². The number of benzene rings is 1. The van der Waals surface area contributed by atoms with Crippen molar-refractivity contribution in [2.24, 2.45) is 7.05 Å². The molecule has 0 aliphatic heterocycles. The lowest BCUT2D eigenvalue weighted by atomic mass is 10.1. The molecule has 2 aromatic rings. The summed E-state index contributed by atoms with van der Waals surface area (Å²) >= 11 is 0. The fourth-order valence-corrected chi connectivity index (χ4v) is 2.62. The van der Waals surface area contributed by atoms with Crippen molar-refractivity contribution in [3.8, 4) is 0 Å². The molecule has 1 aliphatic rings. The van der Waals surface area contributed by atoms with Gasteiger partial charge in [-0.25, -0.2) is 4.39 Å². The first kappa shape index (κ1) is 11.4. The maximum absolute atomic E-state index is 13.6. The molecule has 1 N–H and O–H groups in total. The van der Waals surface area contributed by atoms with Crippen LogP contribution < -0.4 is 5.32 Å². The summed E-state index contributed by atoms with van der Waals surface area (Å²) in [5, 5.41) is 7.62. The van der Waals surface area contributed by atoms with Gasteiger partial charge in [0.15, 0.2) is 0 Å². The largest absolute Gasteiger partial charge is 0.304 e. The van der Waals surface area contributed by atoms with Crippen LogP contribution in [0.4, 0.5) is 4.39 Å². The molecular weight excluding hydrogens is 229 g/mol. The second-order valence-electron chi connectivity index (χ2n) is 4.73. The van der Waals surface area contributed by atoms with E-state index in [1.165, 1.54) is 0 Å². The second-order valence-corrected chi connectivity index (χ2v) is 4.73. The molecule has 4 heteroatoms. The number of hydrogen-bond acceptors (Lipinski definition) is 2. The van der Waals surface area contributed by atoms with Crippen molar-refractivity contribution < 1.29 is 4.39 Å². The van der Waals surface area contributed by atoms with E-state index in [9.17, 15) is 4.39 Å². The minimum absolute atomic E-state index is 0.0719. The number of aromatic nitrogens is 2. The molecular formula is C14H16FN3. The van der Waals surface area contributed by atoms with Gasteiger partial charge in [-0.3, -0.25) is 4.68 Å². The summed E-state index contributed by atoms with van der Waals surface area (Å²) in [7, 11) is 1.93. The van der Waals surface area contributed by atoms with Gasteiger partial charge in [0.05, 0.1) is 5.69 Å². The van der Waals surface area contributed by atoms with E-state index in [1.807, 2.05) is 23.9 Å². The maximum Gasteiger partial charge on any atom is 0.126 e. The number of aryl methyl sites for hydroxylation is 1. The van der Waals surface area contributed by atoms with Crippen LogP contribution in [0.15, 0.2) is 30.5 Å². The molecule has 3 rings (SSSR count). The van der Waals surface area contributed by atoms with Crippen molar-refractivity contribution in [3.05, 3.63) is 53.1 Å². The summed E-state index contributed by atoms with van der Waals surface area (Å²) in [6.07, 6.45) is 3.58. The molecule has 18 heavy (non-hydrogen) atoms. The highest BCUT2D eigenvalue weighted by atomic mass is 19.1. The molecule has 0 spiro atoms. The Labute approximate surface area is 106 Å². The summed E-state index contributed by atoms with van der Waals surface area (Å²) in [5.74, 6) is -0.0719. The quantitative estimate of drug-likeness (QED) is 0.899. The zero-order valence-corrected chi connectivity index (χ0v) is 10.4. The van der Waals surface area contributed by atoms with Crippen LogP contribution in [-0.2, 0) is 20.0 Å². The van der Waals surface area contributed by atoms with E-state index < -0.39 is 0 Å². The number of nitrogens with zero attached hydrogens (tertiary/aromatic N) is 2. The zero-order chi connectivity index (χ0) is 12.5. The van der Waals surface area contributed by atoms with E-state index in [0.29, 0.717) is 0 Å². The number of hydrogen-bond donors (Lipinski definition) is 1. The third kappa shape index (κ3) is 1.93. The summed E-state index contributed by atoms with van der Waals surface area (Å²) < 4.78 is 15.5. The highest BCUT2D eigenvalue weighted by molar-refractivity contribution is 5.35. The standard InChI is InChI=1S/C14H16FN3/c1-18-10(7-8-17-18)9-16-14-6-5-11-12(14)3-2-4-13(11)15/h2-4,7-8,14,16H,5-6,9H2,1H3. The van der Waals surface area contributed by atoms with E-state index in [0.717, 1.165) is 36.2 Å². The third-order valence-electron chi connectivity index (χ3n) is 3.67. The van der Waals surface area contributed by atoms with Crippen molar-refractivity contribution in [2.75, 3.05) is 0 Å². The van der Waals surface area contributed by atoms with Gasteiger partial charge in [0.2, 0.25) is 0 Å². The molecule has 1 aliphatic carbocycles. The van der Waals surface area contributed by atoms with Gasteiger partial charge in [0.1, 0.15) is 5.82 Å². The molecule has 0 saturated carbocycles. The number of fused-ring (bicyclic) bond motifs is 1. The molecule has 1 atom stereocenters. The fourth-order valence-electron chi connectivity index (χ4n) is 2.62. The van der Waals surface area contributed by atoms with Crippen LogP contribution in [0, 0.1) is 5.82 Å². The van der Waals surface area contributed by atoms with Crippen LogP contribution >= 0.6 is 0 Å². The Balaban J connectivity index is 1.74. The number of halogens is 1. The summed E-state index contributed by atoms with van der Waals surface area (Å²) in [6.45, 7) is 0.761. The molecule has 0 saturated heterocycles. The topological polar surface area (TPSA) is 29.9 Å². The van der Waals surface area contributed by atoms with E-state index >= 15 is 0 Å². The van der Waals surface area contributed by atoms with Gasteiger partial charge < -0.3 is 5.32 Å². The Bertz CT molecular complexity index is 562. The van der Waals surface area contributed by atoms with Crippen molar-refractivity contribution in [3.63, 3.8) is 0 Å². The van der Waals surface area contributed by atoms with Gasteiger partial charge in [0, 0.05) is 25.8 Å². The average Bonchev–Trinajstić information content (AvgIpc) is 2.94. The van der Waals surface area contributed by atoms with E-state index in [4.69, 9.17) is 0 Å². The highest BCUT2D eigenvalue weighted by Crippen LogP contribution is 2.32. The Morgan fingerprint density at radius 3 is 3.11 bits per heavy atom.